The number of rotatable bonds is 1. The molecule has 0 spiro atoms. The Balaban J connectivity index is 1.92. The number of β-amino-alcohol motifs (C(OH)–C–C–N with tert-alkyl or cyclic N) is 1. The minimum Gasteiger partial charge on any atom is -0.391 e. The van der Waals surface area contributed by atoms with Crippen LogP contribution in [0.15, 0.2) is 16.9 Å². The molecule has 1 aliphatic heterocycles. The van der Waals surface area contributed by atoms with E-state index in [-0.39, 0.29) is 11.7 Å². The molecule has 8 heteroatoms. The van der Waals surface area contributed by atoms with E-state index in [1.165, 1.54) is 4.52 Å². The smallest absolute Gasteiger partial charge is 0.293 e. The minimum atomic E-state index is -0.446. The highest BCUT2D eigenvalue weighted by atomic mass is 79.9. The van der Waals surface area contributed by atoms with Crippen molar-refractivity contribution < 1.29 is 9.90 Å². The third-order valence-corrected chi connectivity index (χ3v) is 3.21. The maximum Gasteiger partial charge on any atom is 0.293 e. The second kappa shape index (κ2) is 4.29. The molecule has 1 aliphatic rings. The van der Waals surface area contributed by atoms with Crippen molar-refractivity contribution in [3.8, 4) is 0 Å². The first-order chi connectivity index (χ1) is 8.63. The van der Waals surface area contributed by atoms with E-state index in [9.17, 15) is 9.90 Å². The van der Waals surface area contributed by atoms with Crippen LogP contribution in [0.4, 0.5) is 0 Å². The average molecular weight is 312 g/mol. The standard InChI is InChI=1S/C10H10BrN5O2/c11-6-3-12-10-13-8(14-16(10)4-6)9(18)15-2-1-7(17)5-15/h3-4,7,17H,1-2,5H2/t7-/m1/s1. The molecule has 0 aliphatic carbocycles. The molecule has 1 saturated heterocycles. The first-order valence-corrected chi connectivity index (χ1v) is 6.28. The number of halogens is 1. The van der Waals surface area contributed by atoms with Gasteiger partial charge in [0.2, 0.25) is 5.82 Å². The molecular formula is C10H10BrN5O2. The maximum atomic E-state index is 12.1. The van der Waals surface area contributed by atoms with Crippen molar-refractivity contribution in [3.05, 3.63) is 22.7 Å². The van der Waals surface area contributed by atoms with Crippen LogP contribution >= 0.6 is 15.9 Å². The van der Waals surface area contributed by atoms with Gasteiger partial charge in [0.05, 0.1) is 10.6 Å². The first kappa shape index (κ1) is 11.5. The third-order valence-electron chi connectivity index (χ3n) is 2.80. The van der Waals surface area contributed by atoms with Crippen molar-refractivity contribution in [1.82, 2.24) is 24.5 Å². The van der Waals surface area contributed by atoms with Gasteiger partial charge >= 0.3 is 0 Å². The Morgan fingerprint density at radius 2 is 2.39 bits per heavy atom. The summed E-state index contributed by atoms with van der Waals surface area (Å²) in [4.78, 5) is 21.8. The molecule has 1 fully saturated rings. The number of carbonyl (C=O) groups excluding carboxylic acids is 1. The minimum absolute atomic E-state index is 0.106. The number of amides is 1. The van der Waals surface area contributed by atoms with E-state index in [0.717, 1.165) is 4.47 Å². The average Bonchev–Trinajstić information content (AvgIpc) is 2.93. The lowest BCUT2D eigenvalue weighted by atomic mass is 10.3. The third kappa shape index (κ3) is 1.97. The molecule has 0 unspecified atom stereocenters. The van der Waals surface area contributed by atoms with Gasteiger partial charge in [-0.05, 0) is 22.4 Å². The number of carbonyl (C=O) groups is 1. The monoisotopic (exact) mass is 311 g/mol. The lowest BCUT2D eigenvalue weighted by molar-refractivity contribution is 0.0753. The van der Waals surface area contributed by atoms with Gasteiger partial charge in [0.25, 0.3) is 11.7 Å². The van der Waals surface area contributed by atoms with E-state index >= 15 is 0 Å². The fourth-order valence-electron chi connectivity index (χ4n) is 1.92. The first-order valence-electron chi connectivity index (χ1n) is 5.49. The summed E-state index contributed by atoms with van der Waals surface area (Å²) in [6, 6.07) is 0. The maximum absolute atomic E-state index is 12.1. The number of nitrogens with zero attached hydrogens (tertiary/aromatic N) is 5. The molecule has 3 rings (SSSR count). The number of hydrogen-bond donors (Lipinski definition) is 1. The van der Waals surface area contributed by atoms with Gasteiger partial charge in [0, 0.05) is 25.5 Å². The van der Waals surface area contributed by atoms with E-state index in [0.29, 0.717) is 25.3 Å². The van der Waals surface area contributed by atoms with Crippen LogP contribution in [0, 0.1) is 0 Å². The topological polar surface area (TPSA) is 83.6 Å². The van der Waals surface area contributed by atoms with Crippen molar-refractivity contribution in [2.24, 2.45) is 0 Å². The van der Waals surface area contributed by atoms with Crippen molar-refractivity contribution in [2.75, 3.05) is 13.1 Å². The van der Waals surface area contributed by atoms with Gasteiger partial charge in [-0.25, -0.2) is 9.50 Å². The Bertz CT molecular complexity index is 613. The quantitative estimate of drug-likeness (QED) is 0.807. The van der Waals surface area contributed by atoms with Gasteiger partial charge in [-0.1, -0.05) is 0 Å². The molecule has 0 radical (unpaired) electrons. The van der Waals surface area contributed by atoms with E-state index < -0.39 is 6.10 Å². The summed E-state index contributed by atoms with van der Waals surface area (Å²) in [7, 11) is 0. The van der Waals surface area contributed by atoms with Gasteiger partial charge < -0.3 is 10.0 Å². The Labute approximate surface area is 111 Å². The van der Waals surface area contributed by atoms with E-state index in [1.54, 1.807) is 17.3 Å². The van der Waals surface area contributed by atoms with Gasteiger partial charge in [0.15, 0.2) is 0 Å². The summed E-state index contributed by atoms with van der Waals surface area (Å²) in [5.41, 5.74) is 0. The summed E-state index contributed by atoms with van der Waals surface area (Å²) >= 11 is 3.27. The van der Waals surface area contributed by atoms with Gasteiger partial charge in [-0.15, -0.1) is 5.10 Å². The predicted molar refractivity (Wildman–Crippen MR) is 65.0 cm³/mol. The van der Waals surface area contributed by atoms with Gasteiger partial charge in [-0.3, -0.25) is 4.79 Å². The summed E-state index contributed by atoms with van der Waals surface area (Å²) in [5.74, 6) is 0.212. The van der Waals surface area contributed by atoms with Crippen molar-refractivity contribution in [3.63, 3.8) is 0 Å². The molecule has 3 heterocycles. The van der Waals surface area contributed by atoms with Crippen molar-refractivity contribution in [2.45, 2.75) is 12.5 Å². The van der Waals surface area contributed by atoms with Crippen LogP contribution in [0.25, 0.3) is 5.78 Å². The molecule has 2 aromatic rings. The highest BCUT2D eigenvalue weighted by Gasteiger charge is 2.28. The lowest BCUT2D eigenvalue weighted by Gasteiger charge is -2.12. The zero-order chi connectivity index (χ0) is 12.7. The van der Waals surface area contributed by atoms with Crippen LogP contribution in [0.5, 0.6) is 0 Å². The van der Waals surface area contributed by atoms with Crippen LogP contribution in [0.1, 0.15) is 17.0 Å². The molecule has 18 heavy (non-hydrogen) atoms. The summed E-state index contributed by atoms with van der Waals surface area (Å²) < 4.78 is 2.21. The second-order valence-corrected chi connectivity index (χ2v) is 5.06. The molecule has 1 atom stereocenters. The number of aromatic nitrogens is 4. The normalized spacial score (nSPS) is 19.7. The summed E-state index contributed by atoms with van der Waals surface area (Å²) in [5, 5.41) is 13.5. The number of aliphatic hydroxyl groups is 1. The van der Waals surface area contributed by atoms with Crippen molar-refractivity contribution >= 4 is 27.6 Å². The van der Waals surface area contributed by atoms with E-state index in [4.69, 9.17) is 0 Å². The van der Waals surface area contributed by atoms with Crippen LogP contribution in [0.2, 0.25) is 0 Å². The molecule has 7 nitrogen and oxygen atoms in total. The highest BCUT2D eigenvalue weighted by Crippen LogP contribution is 2.13. The molecule has 0 aromatic carbocycles. The molecule has 0 bridgehead atoms. The largest absolute Gasteiger partial charge is 0.391 e. The molecule has 2 aromatic heterocycles. The zero-order valence-corrected chi connectivity index (χ0v) is 10.9. The SMILES string of the molecule is O=C(c1nc2ncc(Br)cn2n1)N1CC[C@@H](O)C1. The predicted octanol–water partition coefficient (Wildman–Crippen LogP) is 0.0936. The van der Waals surface area contributed by atoms with Gasteiger partial charge in [-0.2, -0.15) is 4.98 Å². The Kier molecular flexibility index (Phi) is 2.75. The Morgan fingerprint density at radius 1 is 1.56 bits per heavy atom. The number of aliphatic hydroxyl groups excluding tert-OH is 1. The number of hydrogen-bond acceptors (Lipinski definition) is 5. The fourth-order valence-corrected chi connectivity index (χ4v) is 2.21. The zero-order valence-electron chi connectivity index (χ0n) is 9.32. The van der Waals surface area contributed by atoms with Crippen LogP contribution < -0.4 is 0 Å². The molecule has 1 amide bonds. The van der Waals surface area contributed by atoms with Crippen molar-refractivity contribution in [1.29, 1.82) is 0 Å². The Morgan fingerprint density at radius 3 is 3.11 bits per heavy atom. The number of likely N-dealkylation sites (tertiary alicyclic amines) is 1. The molecule has 1 N–H and O–H groups in total. The second-order valence-electron chi connectivity index (χ2n) is 4.15. The lowest BCUT2D eigenvalue weighted by Crippen LogP contribution is -2.30. The van der Waals surface area contributed by atoms with Crippen LogP contribution in [0.3, 0.4) is 0 Å². The highest BCUT2D eigenvalue weighted by molar-refractivity contribution is 9.10. The summed E-state index contributed by atoms with van der Waals surface area (Å²) in [6.45, 7) is 0.873. The van der Waals surface area contributed by atoms with Crippen LogP contribution in [-0.4, -0.2) is 54.7 Å². The van der Waals surface area contributed by atoms with Crippen LogP contribution in [-0.2, 0) is 0 Å². The van der Waals surface area contributed by atoms with Gasteiger partial charge in [0.1, 0.15) is 0 Å². The Hall–Kier alpha value is -1.54. The molecular weight excluding hydrogens is 302 g/mol. The van der Waals surface area contributed by atoms with E-state index in [2.05, 4.69) is 31.0 Å². The molecule has 0 saturated carbocycles. The summed E-state index contributed by atoms with van der Waals surface area (Å²) in [6.07, 6.45) is 3.43. The van der Waals surface area contributed by atoms with E-state index in [1.807, 2.05) is 0 Å². The fraction of sp³-hybridized carbons (Fsp3) is 0.400. The molecule has 94 valence electrons. The number of fused-ring (bicyclic) bond motifs is 1.